The average molecular weight is 388 g/mol. The Bertz CT molecular complexity index is 983. The third-order valence-electron chi connectivity index (χ3n) is 5.79. The SMILES string of the molecule is CCN1c2cc(C)c(/C=C(/C#N)C(=O)Nc3ccccc3)cc2[C@@H](C)CC1(C)C. The lowest BCUT2D eigenvalue weighted by atomic mass is 9.79. The van der Waals surface area contributed by atoms with E-state index in [4.69, 9.17) is 0 Å². The first-order valence-electron chi connectivity index (χ1n) is 10.2. The van der Waals surface area contributed by atoms with Crippen LogP contribution in [-0.4, -0.2) is 18.0 Å². The molecule has 0 radical (unpaired) electrons. The van der Waals surface area contributed by atoms with Crippen molar-refractivity contribution in [2.45, 2.75) is 52.5 Å². The van der Waals surface area contributed by atoms with Gasteiger partial charge in [0.1, 0.15) is 11.6 Å². The van der Waals surface area contributed by atoms with Crippen molar-refractivity contribution < 1.29 is 4.79 Å². The number of nitriles is 1. The highest BCUT2D eigenvalue weighted by atomic mass is 16.1. The van der Waals surface area contributed by atoms with E-state index in [9.17, 15) is 10.1 Å². The minimum atomic E-state index is -0.389. The zero-order valence-electron chi connectivity index (χ0n) is 17.9. The number of hydrogen-bond donors (Lipinski definition) is 1. The van der Waals surface area contributed by atoms with Gasteiger partial charge in [0.05, 0.1) is 0 Å². The van der Waals surface area contributed by atoms with Gasteiger partial charge in [-0.2, -0.15) is 5.26 Å². The number of para-hydroxylation sites is 1. The number of nitrogens with zero attached hydrogens (tertiary/aromatic N) is 2. The number of amides is 1. The Balaban J connectivity index is 1.98. The van der Waals surface area contributed by atoms with E-state index < -0.39 is 0 Å². The highest BCUT2D eigenvalue weighted by molar-refractivity contribution is 6.09. The molecule has 2 aromatic rings. The van der Waals surface area contributed by atoms with E-state index in [1.807, 2.05) is 25.1 Å². The number of benzene rings is 2. The topological polar surface area (TPSA) is 56.1 Å². The Hall–Kier alpha value is -3.06. The predicted molar refractivity (Wildman–Crippen MR) is 120 cm³/mol. The number of carbonyl (C=O) groups is 1. The standard InChI is InChI=1S/C25H29N3O/c1-6-28-23-12-17(2)19(14-22(23)18(3)15-25(28,4)5)13-20(16-26)24(29)27-21-10-8-7-9-11-21/h7-14,18H,6,15H2,1-5H3,(H,27,29)/b20-13-/t18-/m0/s1. The molecule has 3 rings (SSSR count). The van der Waals surface area contributed by atoms with Gasteiger partial charge in [-0.3, -0.25) is 4.79 Å². The Morgan fingerprint density at radius 3 is 2.62 bits per heavy atom. The van der Waals surface area contributed by atoms with Crippen LogP contribution in [0.4, 0.5) is 11.4 Å². The van der Waals surface area contributed by atoms with E-state index in [0.717, 1.165) is 24.1 Å². The summed E-state index contributed by atoms with van der Waals surface area (Å²) in [4.78, 5) is 15.0. The molecule has 0 saturated carbocycles. The normalized spacial score (nSPS) is 18.0. The van der Waals surface area contributed by atoms with Crippen LogP contribution in [0.1, 0.15) is 56.7 Å². The molecule has 1 amide bonds. The number of hydrogen-bond acceptors (Lipinski definition) is 3. The quantitative estimate of drug-likeness (QED) is 0.544. The largest absolute Gasteiger partial charge is 0.366 e. The van der Waals surface area contributed by atoms with Crippen molar-refractivity contribution in [3.63, 3.8) is 0 Å². The molecule has 1 aliphatic rings. The molecule has 0 aliphatic carbocycles. The number of aryl methyl sites for hydroxylation is 1. The lowest BCUT2D eigenvalue weighted by molar-refractivity contribution is -0.112. The van der Waals surface area contributed by atoms with Gasteiger partial charge in [0, 0.05) is 23.5 Å². The van der Waals surface area contributed by atoms with Crippen LogP contribution in [0.25, 0.3) is 6.08 Å². The fraction of sp³-hybridized carbons (Fsp3) is 0.360. The second-order valence-electron chi connectivity index (χ2n) is 8.42. The van der Waals surface area contributed by atoms with E-state index in [-0.39, 0.29) is 17.0 Å². The molecule has 0 spiro atoms. The van der Waals surface area contributed by atoms with Gasteiger partial charge in [-0.25, -0.2) is 0 Å². The predicted octanol–water partition coefficient (Wildman–Crippen LogP) is 5.65. The molecule has 1 N–H and O–H groups in total. The van der Waals surface area contributed by atoms with Crippen LogP contribution in [0.15, 0.2) is 48.0 Å². The summed E-state index contributed by atoms with van der Waals surface area (Å²) in [6.07, 6.45) is 2.77. The molecule has 29 heavy (non-hydrogen) atoms. The van der Waals surface area contributed by atoms with E-state index in [1.54, 1.807) is 18.2 Å². The number of fused-ring (bicyclic) bond motifs is 1. The summed E-state index contributed by atoms with van der Waals surface area (Å²) >= 11 is 0. The van der Waals surface area contributed by atoms with Gasteiger partial charge < -0.3 is 10.2 Å². The molecule has 4 nitrogen and oxygen atoms in total. The third-order valence-corrected chi connectivity index (χ3v) is 5.79. The van der Waals surface area contributed by atoms with Crippen molar-refractivity contribution in [3.05, 3.63) is 64.7 Å². The van der Waals surface area contributed by atoms with Crippen molar-refractivity contribution >= 4 is 23.4 Å². The van der Waals surface area contributed by atoms with E-state index in [1.165, 1.54) is 11.3 Å². The van der Waals surface area contributed by atoms with Gasteiger partial charge in [0.15, 0.2) is 0 Å². The third kappa shape index (κ3) is 4.19. The molecular weight excluding hydrogens is 358 g/mol. The number of rotatable bonds is 4. The number of nitrogens with one attached hydrogen (secondary N) is 1. The Labute approximate surface area is 173 Å². The highest BCUT2D eigenvalue weighted by Crippen LogP contribution is 2.44. The zero-order chi connectivity index (χ0) is 21.2. The van der Waals surface area contributed by atoms with Gasteiger partial charge in [0.2, 0.25) is 0 Å². The second-order valence-corrected chi connectivity index (χ2v) is 8.42. The molecule has 1 atom stereocenters. The smallest absolute Gasteiger partial charge is 0.266 e. The van der Waals surface area contributed by atoms with Crippen LogP contribution < -0.4 is 10.2 Å². The molecule has 0 fully saturated rings. The van der Waals surface area contributed by atoms with E-state index >= 15 is 0 Å². The molecule has 4 heteroatoms. The summed E-state index contributed by atoms with van der Waals surface area (Å²) in [7, 11) is 0. The summed E-state index contributed by atoms with van der Waals surface area (Å²) in [6, 6.07) is 15.6. The molecule has 0 unspecified atom stereocenters. The van der Waals surface area contributed by atoms with Gasteiger partial charge >= 0.3 is 0 Å². The fourth-order valence-electron chi connectivity index (χ4n) is 4.43. The molecule has 1 aliphatic heterocycles. The summed E-state index contributed by atoms with van der Waals surface area (Å²) in [6.45, 7) is 12.0. The second kappa shape index (κ2) is 8.13. The number of carbonyl (C=O) groups excluding carboxylic acids is 1. The minimum Gasteiger partial charge on any atom is -0.366 e. The summed E-state index contributed by atoms with van der Waals surface area (Å²) in [5, 5.41) is 12.4. The van der Waals surface area contributed by atoms with Gasteiger partial charge in [0.25, 0.3) is 5.91 Å². The monoisotopic (exact) mass is 387 g/mol. The molecule has 0 aromatic heterocycles. The van der Waals surface area contributed by atoms with Crippen LogP contribution in [-0.2, 0) is 4.79 Å². The minimum absolute atomic E-state index is 0.105. The summed E-state index contributed by atoms with van der Waals surface area (Å²) in [5.41, 5.74) is 5.42. The van der Waals surface area contributed by atoms with Crippen molar-refractivity contribution in [1.29, 1.82) is 5.26 Å². The molecule has 0 bridgehead atoms. The first-order valence-corrected chi connectivity index (χ1v) is 10.2. The van der Waals surface area contributed by atoms with Crippen LogP contribution in [0, 0.1) is 18.3 Å². The molecule has 2 aromatic carbocycles. The molecule has 150 valence electrons. The lowest BCUT2D eigenvalue weighted by Gasteiger charge is -2.47. The van der Waals surface area contributed by atoms with Crippen LogP contribution in [0.2, 0.25) is 0 Å². The highest BCUT2D eigenvalue weighted by Gasteiger charge is 2.35. The van der Waals surface area contributed by atoms with Crippen molar-refractivity contribution in [2.24, 2.45) is 0 Å². The first kappa shape index (κ1) is 20.7. The zero-order valence-corrected chi connectivity index (χ0v) is 17.9. The maximum absolute atomic E-state index is 12.6. The van der Waals surface area contributed by atoms with Crippen molar-refractivity contribution in [2.75, 3.05) is 16.8 Å². The lowest BCUT2D eigenvalue weighted by Crippen LogP contribution is -2.48. The van der Waals surface area contributed by atoms with E-state index in [2.05, 4.69) is 56.1 Å². The first-order chi connectivity index (χ1) is 13.8. The van der Waals surface area contributed by atoms with Gasteiger partial charge in [-0.1, -0.05) is 25.1 Å². The average Bonchev–Trinajstić information content (AvgIpc) is 2.67. The summed E-state index contributed by atoms with van der Waals surface area (Å²) < 4.78 is 0. The van der Waals surface area contributed by atoms with Crippen LogP contribution in [0.5, 0.6) is 0 Å². The Kier molecular flexibility index (Phi) is 5.79. The van der Waals surface area contributed by atoms with E-state index in [0.29, 0.717) is 11.6 Å². The van der Waals surface area contributed by atoms with Crippen molar-refractivity contribution in [1.82, 2.24) is 0 Å². The maximum Gasteiger partial charge on any atom is 0.266 e. The molecule has 0 saturated heterocycles. The Morgan fingerprint density at radius 2 is 2.00 bits per heavy atom. The number of anilines is 2. The molecular formula is C25H29N3O. The maximum atomic E-state index is 12.6. The van der Waals surface area contributed by atoms with Gasteiger partial charge in [-0.05, 0) is 87.1 Å². The van der Waals surface area contributed by atoms with Crippen LogP contribution in [0.3, 0.4) is 0 Å². The van der Waals surface area contributed by atoms with Crippen molar-refractivity contribution in [3.8, 4) is 6.07 Å². The Morgan fingerprint density at radius 1 is 1.31 bits per heavy atom. The van der Waals surface area contributed by atoms with Crippen LogP contribution >= 0.6 is 0 Å². The van der Waals surface area contributed by atoms with Gasteiger partial charge in [-0.15, -0.1) is 0 Å². The summed E-state index contributed by atoms with van der Waals surface area (Å²) in [5.74, 6) is 0.0272. The fourth-order valence-corrected chi connectivity index (χ4v) is 4.43. The molecule has 1 heterocycles.